The molecule has 1 atom stereocenters. The van der Waals surface area contributed by atoms with Crippen molar-refractivity contribution in [2.45, 2.75) is 12.5 Å². The summed E-state index contributed by atoms with van der Waals surface area (Å²) >= 11 is 9.48. The number of methoxy groups -OCH3 is 1. The molecule has 1 amide bonds. The molecule has 0 spiro atoms. The maximum atomic E-state index is 13.0. The van der Waals surface area contributed by atoms with Gasteiger partial charge in [-0.2, -0.15) is 0 Å². The van der Waals surface area contributed by atoms with Crippen molar-refractivity contribution in [2.24, 2.45) is 7.05 Å². The number of halogens is 2. The number of carbonyl (C=O) groups is 2. The summed E-state index contributed by atoms with van der Waals surface area (Å²) in [6.07, 6.45) is 0.0193. The minimum Gasteiger partial charge on any atom is -0.469 e. The molecule has 0 saturated carbocycles. The molecule has 1 unspecified atom stereocenters. The Hall–Kier alpha value is -2.31. The molecule has 2 aromatic carbocycles. The van der Waals surface area contributed by atoms with Crippen molar-refractivity contribution in [3.63, 3.8) is 0 Å². The lowest BCUT2D eigenvalue weighted by Gasteiger charge is -2.19. The Morgan fingerprint density at radius 1 is 1.19 bits per heavy atom. The lowest BCUT2D eigenvalue weighted by molar-refractivity contribution is -0.141. The molecule has 1 N–H and O–H groups in total. The number of nitrogens with zero attached hydrogens (tertiary/aromatic N) is 1. The highest BCUT2D eigenvalue weighted by molar-refractivity contribution is 9.10. The van der Waals surface area contributed by atoms with Crippen LogP contribution in [0.5, 0.6) is 0 Å². The number of benzene rings is 2. The largest absolute Gasteiger partial charge is 0.469 e. The van der Waals surface area contributed by atoms with E-state index >= 15 is 0 Å². The van der Waals surface area contributed by atoms with Crippen molar-refractivity contribution in [1.82, 2.24) is 9.88 Å². The fraction of sp³-hybridized carbons (Fsp3) is 0.200. The number of amides is 1. The third-order valence-electron chi connectivity index (χ3n) is 4.44. The first-order chi connectivity index (χ1) is 12.9. The highest BCUT2D eigenvalue weighted by Crippen LogP contribution is 2.31. The van der Waals surface area contributed by atoms with Gasteiger partial charge in [0.1, 0.15) is 5.69 Å². The number of nitrogens with one attached hydrogen (secondary N) is 1. The van der Waals surface area contributed by atoms with Crippen LogP contribution in [0.4, 0.5) is 0 Å². The van der Waals surface area contributed by atoms with Gasteiger partial charge in [0.15, 0.2) is 0 Å². The minimum atomic E-state index is -0.535. The topological polar surface area (TPSA) is 60.3 Å². The summed E-state index contributed by atoms with van der Waals surface area (Å²) < 4.78 is 7.32. The molecule has 0 fully saturated rings. The Balaban J connectivity index is 1.95. The molecule has 0 saturated heterocycles. The van der Waals surface area contributed by atoms with Crippen LogP contribution >= 0.6 is 27.5 Å². The standard InChI is InChI=1S/C20H18BrClN2O3/c1-24-16-6-4-3-5-14(16)18(21)19(24)20(26)23-15(11-17(25)27-2)12-7-9-13(22)10-8-12/h3-10,15H,11H2,1-2H3,(H,23,26). The van der Waals surface area contributed by atoms with Crippen LogP contribution in [0.3, 0.4) is 0 Å². The predicted molar refractivity (Wildman–Crippen MR) is 109 cm³/mol. The summed E-state index contributed by atoms with van der Waals surface area (Å²) in [5.41, 5.74) is 2.19. The lowest BCUT2D eigenvalue weighted by atomic mass is 10.0. The monoisotopic (exact) mass is 448 g/mol. The molecule has 1 heterocycles. The molecule has 0 aliphatic heterocycles. The van der Waals surface area contributed by atoms with Crippen molar-refractivity contribution in [2.75, 3.05) is 7.11 Å². The molecule has 7 heteroatoms. The number of carbonyl (C=O) groups excluding carboxylic acids is 2. The molecule has 0 aliphatic carbocycles. The second-order valence-electron chi connectivity index (χ2n) is 6.10. The van der Waals surface area contributed by atoms with Crippen molar-refractivity contribution >= 4 is 50.3 Å². The van der Waals surface area contributed by atoms with E-state index in [2.05, 4.69) is 21.2 Å². The van der Waals surface area contributed by atoms with E-state index in [9.17, 15) is 9.59 Å². The average Bonchev–Trinajstić information content (AvgIpc) is 2.92. The molecule has 5 nitrogen and oxygen atoms in total. The quantitative estimate of drug-likeness (QED) is 0.578. The van der Waals surface area contributed by atoms with Crippen LogP contribution in [-0.4, -0.2) is 23.6 Å². The number of esters is 1. The Bertz CT molecular complexity index is 959. The summed E-state index contributed by atoms with van der Waals surface area (Å²) in [4.78, 5) is 24.9. The Morgan fingerprint density at radius 3 is 2.48 bits per heavy atom. The summed E-state index contributed by atoms with van der Waals surface area (Å²) in [7, 11) is 3.16. The predicted octanol–water partition coefficient (Wildman–Crippen LogP) is 4.63. The first kappa shape index (κ1) is 19.5. The van der Waals surface area contributed by atoms with Gasteiger partial charge in [0.25, 0.3) is 5.91 Å². The van der Waals surface area contributed by atoms with Gasteiger partial charge in [0.2, 0.25) is 0 Å². The smallest absolute Gasteiger partial charge is 0.307 e. The summed E-state index contributed by atoms with van der Waals surface area (Å²) in [6, 6.07) is 14.2. The van der Waals surface area contributed by atoms with Crippen LogP contribution in [0.1, 0.15) is 28.5 Å². The van der Waals surface area contributed by atoms with Gasteiger partial charge in [0, 0.05) is 23.0 Å². The van der Waals surface area contributed by atoms with E-state index in [0.717, 1.165) is 16.5 Å². The highest BCUT2D eigenvalue weighted by Gasteiger charge is 2.24. The first-order valence-corrected chi connectivity index (χ1v) is 9.45. The minimum absolute atomic E-state index is 0.0193. The van der Waals surface area contributed by atoms with E-state index in [1.165, 1.54) is 7.11 Å². The molecule has 3 rings (SSSR count). The molecular formula is C20H18BrClN2O3. The number of hydrogen-bond donors (Lipinski definition) is 1. The van der Waals surface area contributed by atoms with Gasteiger partial charge in [-0.25, -0.2) is 0 Å². The van der Waals surface area contributed by atoms with Crippen LogP contribution in [0, 0.1) is 0 Å². The third-order valence-corrected chi connectivity index (χ3v) is 5.49. The van der Waals surface area contributed by atoms with Gasteiger partial charge in [-0.05, 0) is 39.7 Å². The van der Waals surface area contributed by atoms with Gasteiger partial charge in [0.05, 0.1) is 24.0 Å². The molecule has 0 radical (unpaired) electrons. The Labute approximate surface area is 170 Å². The summed E-state index contributed by atoms with van der Waals surface area (Å²) in [6.45, 7) is 0. The molecule has 140 valence electrons. The second kappa shape index (κ2) is 8.15. The normalized spacial score (nSPS) is 12.0. The average molecular weight is 450 g/mol. The molecule has 3 aromatic rings. The zero-order valence-electron chi connectivity index (χ0n) is 14.8. The fourth-order valence-corrected chi connectivity index (χ4v) is 3.93. The maximum absolute atomic E-state index is 13.0. The van der Waals surface area contributed by atoms with E-state index in [4.69, 9.17) is 16.3 Å². The van der Waals surface area contributed by atoms with Crippen molar-refractivity contribution in [1.29, 1.82) is 0 Å². The third kappa shape index (κ3) is 4.01. The number of aromatic nitrogens is 1. The Morgan fingerprint density at radius 2 is 1.85 bits per heavy atom. The van der Waals surface area contributed by atoms with Gasteiger partial charge in [-0.3, -0.25) is 9.59 Å². The number of para-hydroxylation sites is 1. The number of rotatable bonds is 5. The van der Waals surface area contributed by atoms with Gasteiger partial charge >= 0.3 is 5.97 Å². The highest BCUT2D eigenvalue weighted by atomic mass is 79.9. The van der Waals surface area contributed by atoms with Gasteiger partial charge in [-0.15, -0.1) is 0 Å². The molecule has 0 aliphatic rings. The van der Waals surface area contributed by atoms with Crippen LogP contribution in [-0.2, 0) is 16.6 Å². The van der Waals surface area contributed by atoms with E-state index in [-0.39, 0.29) is 12.3 Å². The maximum Gasteiger partial charge on any atom is 0.307 e. The zero-order valence-corrected chi connectivity index (χ0v) is 17.2. The molecule has 1 aromatic heterocycles. The van der Waals surface area contributed by atoms with E-state index in [0.29, 0.717) is 15.2 Å². The van der Waals surface area contributed by atoms with Crippen molar-refractivity contribution in [3.05, 3.63) is 69.3 Å². The van der Waals surface area contributed by atoms with Crippen LogP contribution in [0.25, 0.3) is 10.9 Å². The van der Waals surface area contributed by atoms with Crippen LogP contribution in [0.15, 0.2) is 53.0 Å². The first-order valence-electron chi connectivity index (χ1n) is 8.28. The van der Waals surface area contributed by atoms with Crippen LogP contribution in [0.2, 0.25) is 5.02 Å². The van der Waals surface area contributed by atoms with Gasteiger partial charge in [-0.1, -0.05) is 41.9 Å². The lowest BCUT2D eigenvalue weighted by Crippen LogP contribution is -2.31. The zero-order chi connectivity index (χ0) is 19.6. The van der Waals surface area contributed by atoms with Crippen molar-refractivity contribution in [3.8, 4) is 0 Å². The molecular weight excluding hydrogens is 432 g/mol. The SMILES string of the molecule is COC(=O)CC(NC(=O)c1c(Br)c2ccccc2n1C)c1ccc(Cl)cc1. The van der Waals surface area contributed by atoms with E-state index in [1.54, 1.807) is 24.3 Å². The number of fused-ring (bicyclic) bond motifs is 1. The van der Waals surface area contributed by atoms with E-state index in [1.807, 2.05) is 35.9 Å². The second-order valence-corrected chi connectivity index (χ2v) is 7.33. The van der Waals surface area contributed by atoms with Crippen molar-refractivity contribution < 1.29 is 14.3 Å². The number of aryl methyl sites for hydroxylation is 1. The number of hydrogen-bond acceptors (Lipinski definition) is 3. The van der Waals surface area contributed by atoms with E-state index < -0.39 is 12.0 Å². The molecule has 0 bridgehead atoms. The Kier molecular flexibility index (Phi) is 5.87. The van der Waals surface area contributed by atoms with Crippen LogP contribution < -0.4 is 5.32 Å². The van der Waals surface area contributed by atoms with Gasteiger partial charge < -0.3 is 14.6 Å². The fourth-order valence-electron chi connectivity index (χ4n) is 3.02. The molecule has 27 heavy (non-hydrogen) atoms. The summed E-state index contributed by atoms with van der Waals surface area (Å²) in [5, 5.41) is 4.47. The summed E-state index contributed by atoms with van der Waals surface area (Å²) in [5.74, 6) is -0.698. The number of ether oxygens (including phenoxy) is 1.